The summed E-state index contributed by atoms with van der Waals surface area (Å²) >= 11 is 0. The zero-order valence-corrected chi connectivity index (χ0v) is 11.8. The molecule has 0 aromatic heterocycles. The molecule has 0 spiro atoms. The van der Waals surface area contributed by atoms with Crippen molar-refractivity contribution in [3.05, 3.63) is 30.3 Å². The number of benzene rings is 1. The van der Waals surface area contributed by atoms with Gasteiger partial charge < -0.3 is 15.5 Å². The number of halogens is 1. The Labute approximate surface area is 115 Å². The van der Waals surface area contributed by atoms with Gasteiger partial charge in [0.05, 0.1) is 0 Å². The van der Waals surface area contributed by atoms with Crippen LogP contribution in [0, 0.1) is 0 Å². The van der Waals surface area contributed by atoms with Crippen LogP contribution in [-0.2, 0) is 4.79 Å². The molecule has 2 N–H and O–H groups in total. The van der Waals surface area contributed by atoms with Gasteiger partial charge in [-0.05, 0) is 12.1 Å². The molecule has 0 heterocycles. The summed E-state index contributed by atoms with van der Waals surface area (Å²) in [5.74, 6) is 0.106. The summed E-state index contributed by atoms with van der Waals surface area (Å²) in [6.07, 6.45) is 0.422. The molecule has 5 heteroatoms. The minimum Gasteiger partial charge on any atom is -0.373 e. The highest BCUT2D eigenvalue weighted by atomic mass is 35.5. The van der Waals surface area contributed by atoms with Crippen LogP contribution >= 0.6 is 12.4 Å². The third-order valence-corrected chi connectivity index (χ3v) is 2.75. The lowest BCUT2D eigenvalue weighted by molar-refractivity contribution is -0.129. The van der Waals surface area contributed by atoms with Crippen molar-refractivity contribution in [1.29, 1.82) is 0 Å². The Morgan fingerprint density at radius 3 is 2.33 bits per heavy atom. The zero-order valence-electron chi connectivity index (χ0n) is 11.0. The topological polar surface area (TPSA) is 49.6 Å². The molecule has 0 saturated heterocycles. The molecule has 0 atom stereocenters. The van der Waals surface area contributed by atoms with Gasteiger partial charge in [0.1, 0.15) is 0 Å². The Kier molecular flexibility index (Phi) is 8.16. The van der Waals surface area contributed by atoms with E-state index in [1.165, 1.54) is 0 Å². The molecule has 0 fully saturated rings. The Hall–Kier alpha value is -1.26. The lowest BCUT2D eigenvalue weighted by Crippen LogP contribution is -2.35. The standard InChI is InChI=1S/C13H21N3O.ClH/c1-15(12-6-4-3-5-7-12)10-11-16(2)13(17)8-9-14;/h3-7H,8-11,14H2,1-2H3;1H. The number of carbonyl (C=O) groups excluding carboxylic acids is 1. The van der Waals surface area contributed by atoms with Gasteiger partial charge in [-0.15, -0.1) is 12.4 Å². The van der Waals surface area contributed by atoms with Crippen molar-refractivity contribution in [1.82, 2.24) is 4.90 Å². The van der Waals surface area contributed by atoms with Crippen molar-refractivity contribution in [2.75, 3.05) is 38.6 Å². The highest BCUT2D eigenvalue weighted by Gasteiger charge is 2.08. The van der Waals surface area contributed by atoms with Gasteiger partial charge in [-0.25, -0.2) is 0 Å². The Balaban J connectivity index is 0.00000289. The first-order valence-electron chi connectivity index (χ1n) is 5.85. The smallest absolute Gasteiger partial charge is 0.223 e. The molecule has 1 rings (SSSR count). The van der Waals surface area contributed by atoms with Crippen LogP contribution in [-0.4, -0.2) is 44.5 Å². The number of nitrogens with zero attached hydrogens (tertiary/aromatic N) is 2. The predicted octanol–water partition coefficient (Wildman–Crippen LogP) is 1.35. The molecule has 0 radical (unpaired) electrons. The first-order valence-corrected chi connectivity index (χ1v) is 5.85. The average molecular weight is 272 g/mol. The van der Waals surface area contributed by atoms with Crippen LogP contribution in [0.4, 0.5) is 5.69 Å². The van der Waals surface area contributed by atoms with Crippen LogP contribution < -0.4 is 10.6 Å². The molecule has 0 unspecified atom stereocenters. The Morgan fingerprint density at radius 2 is 1.78 bits per heavy atom. The van der Waals surface area contributed by atoms with Crippen molar-refractivity contribution in [2.24, 2.45) is 5.73 Å². The maximum Gasteiger partial charge on any atom is 0.223 e. The van der Waals surface area contributed by atoms with Crippen LogP contribution in [0.3, 0.4) is 0 Å². The fraction of sp³-hybridized carbons (Fsp3) is 0.462. The van der Waals surface area contributed by atoms with E-state index in [0.717, 1.165) is 12.2 Å². The highest BCUT2D eigenvalue weighted by Crippen LogP contribution is 2.10. The number of amides is 1. The van der Waals surface area contributed by atoms with Crippen molar-refractivity contribution >= 4 is 24.0 Å². The summed E-state index contributed by atoms with van der Waals surface area (Å²) in [5, 5.41) is 0. The summed E-state index contributed by atoms with van der Waals surface area (Å²) in [7, 11) is 3.84. The predicted molar refractivity (Wildman–Crippen MR) is 78.3 cm³/mol. The number of nitrogens with two attached hydrogens (primary N) is 1. The van der Waals surface area contributed by atoms with Gasteiger partial charge in [0.25, 0.3) is 0 Å². The molecule has 1 aromatic carbocycles. The molecule has 1 amide bonds. The lowest BCUT2D eigenvalue weighted by Gasteiger charge is -2.23. The second kappa shape index (κ2) is 8.78. The van der Waals surface area contributed by atoms with Gasteiger partial charge in [0.2, 0.25) is 5.91 Å². The van der Waals surface area contributed by atoms with Gasteiger partial charge in [-0.1, -0.05) is 18.2 Å². The van der Waals surface area contributed by atoms with E-state index >= 15 is 0 Å². The van der Waals surface area contributed by atoms with Gasteiger partial charge in [0, 0.05) is 45.8 Å². The monoisotopic (exact) mass is 271 g/mol. The molecule has 4 nitrogen and oxygen atoms in total. The molecule has 0 saturated carbocycles. The maximum absolute atomic E-state index is 11.5. The maximum atomic E-state index is 11.5. The molecule has 0 aliphatic rings. The van der Waals surface area contributed by atoms with Crippen molar-refractivity contribution in [3.63, 3.8) is 0 Å². The van der Waals surface area contributed by atoms with E-state index in [1.54, 1.807) is 4.90 Å². The Bertz CT molecular complexity index is 345. The second-order valence-electron chi connectivity index (χ2n) is 4.11. The van der Waals surface area contributed by atoms with Crippen LogP contribution in [0.5, 0.6) is 0 Å². The number of hydrogen-bond donors (Lipinski definition) is 1. The summed E-state index contributed by atoms with van der Waals surface area (Å²) in [4.78, 5) is 15.4. The summed E-state index contributed by atoms with van der Waals surface area (Å²) in [6, 6.07) is 10.1. The fourth-order valence-corrected chi connectivity index (χ4v) is 1.55. The van der Waals surface area contributed by atoms with Gasteiger partial charge >= 0.3 is 0 Å². The number of anilines is 1. The molecule has 102 valence electrons. The van der Waals surface area contributed by atoms with Gasteiger partial charge in [-0.2, -0.15) is 0 Å². The summed E-state index contributed by atoms with van der Waals surface area (Å²) in [6.45, 7) is 1.94. The van der Waals surface area contributed by atoms with Crippen LogP contribution in [0.25, 0.3) is 0 Å². The fourth-order valence-electron chi connectivity index (χ4n) is 1.55. The molecule has 18 heavy (non-hydrogen) atoms. The van der Waals surface area contributed by atoms with E-state index < -0.39 is 0 Å². The van der Waals surface area contributed by atoms with Crippen molar-refractivity contribution in [2.45, 2.75) is 6.42 Å². The van der Waals surface area contributed by atoms with Gasteiger partial charge in [0.15, 0.2) is 0 Å². The van der Waals surface area contributed by atoms with Crippen LogP contribution in [0.15, 0.2) is 30.3 Å². The third kappa shape index (κ3) is 5.38. The van der Waals surface area contributed by atoms with E-state index in [-0.39, 0.29) is 18.3 Å². The minimum absolute atomic E-state index is 0. The van der Waals surface area contributed by atoms with Crippen LogP contribution in [0.2, 0.25) is 0 Å². The molecule has 0 bridgehead atoms. The largest absolute Gasteiger partial charge is 0.373 e. The van der Waals surface area contributed by atoms with Gasteiger partial charge in [-0.3, -0.25) is 4.79 Å². The number of carbonyl (C=O) groups is 1. The molecule has 0 aliphatic heterocycles. The minimum atomic E-state index is 0. The molecular weight excluding hydrogens is 250 g/mol. The second-order valence-corrected chi connectivity index (χ2v) is 4.11. The number of para-hydroxylation sites is 1. The summed E-state index contributed by atoms with van der Waals surface area (Å²) < 4.78 is 0. The quantitative estimate of drug-likeness (QED) is 0.850. The molecular formula is C13H22ClN3O. The lowest BCUT2D eigenvalue weighted by atomic mass is 10.3. The third-order valence-electron chi connectivity index (χ3n) is 2.75. The van der Waals surface area contributed by atoms with E-state index in [2.05, 4.69) is 17.0 Å². The van der Waals surface area contributed by atoms with Crippen molar-refractivity contribution < 1.29 is 4.79 Å². The van der Waals surface area contributed by atoms with E-state index in [1.807, 2.05) is 32.3 Å². The van der Waals surface area contributed by atoms with E-state index in [9.17, 15) is 4.79 Å². The molecule has 1 aromatic rings. The van der Waals surface area contributed by atoms with E-state index in [0.29, 0.717) is 19.5 Å². The van der Waals surface area contributed by atoms with Crippen molar-refractivity contribution in [3.8, 4) is 0 Å². The molecule has 0 aliphatic carbocycles. The van der Waals surface area contributed by atoms with E-state index in [4.69, 9.17) is 5.73 Å². The number of likely N-dealkylation sites (N-methyl/N-ethyl adjacent to an activating group) is 2. The first-order chi connectivity index (χ1) is 8.15. The normalized spacial score (nSPS) is 9.50. The first kappa shape index (κ1) is 16.7. The zero-order chi connectivity index (χ0) is 12.7. The van der Waals surface area contributed by atoms with Crippen LogP contribution in [0.1, 0.15) is 6.42 Å². The average Bonchev–Trinajstić information content (AvgIpc) is 2.36. The Morgan fingerprint density at radius 1 is 1.17 bits per heavy atom. The SMILES string of the molecule is CN(CCN(C)c1ccccc1)C(=O)CCN.Cl. The highest BCUT2D eigenvalue weighted by molar-refractivity contribution is 5.85. The number of hydrogen-bond acceptors (Lipinski definition) is 3. The number of rotatable bonds is 6. The summed E-state index contributed by atoms with van der Waals surface area (Å²) in [5.41, 5.74) is 6.52.